The Balaban J connectivity index is 2.58. The van der Waals surface area contributed by atoms with Gasteiger partial charge in [0.05, 0.1) is 6.54 Å². The average Bonchev–Trinajstić information content (AvgIpc) is 2.16. The lowest BCUT2D eigenvalue weighted by molar-refractivity contribution is -0.139. The molecule has 1 N–H and O–H groups in total. The smallest absolute Gasteiger partial charge is 0.317 e. The van der Waals surface area contributed by atoms with Gasteiger partial charge in [-0.15, -0.1) is 0 Å². The van der Waals surface area contributed by atoms with Crippen molar-refractivity contribution in [1.82, 2.24) is 4.90 Å². The molecule has 0 aromatic carbocycles. The van der Waals surface area contributed by atoms with E-state index in [4.69, 9.17) is 5.11 Å². The molecule has 3 heteroatoms. The van der Waals surface area contributed by atoms with Gasteiger partial charge in [-0.25, -0.2) is 0 Å². The van der Waals surface area contributed by atoms with E-state index in [2.05, 4.69) is 13.8 Å². The Morgan fingerprint density at radius 1 is 1.40 bits per heavy atom. The van der Waals surface area contributed by atoms with Gasteiger partial charge in [0.25, 0.3) is 0 Å². The van der Waals surface area contributed by atoms with E-state index in [0.717, 1.165) is 6.42 Å². The van der Waals surface area contributed by atoms with Crippen molar-refractivity contribution in [2.24, 2.45) is 11.8 Å². The maximum atomic E-state index is 10.7. The lowest BCUT2D eigenvalue weighted by atomic mass is 9.77. The number of carbonyl (C=O) groups is 1. The van der Waals surface area contributed by atoms with E-state index >= 15 is 0 Å². The van der Waals surface area contributed by atoms with Crippen molar-refractivity contribution in [3.8, 4) is 0 Å². The van der Waals surface area contributed by atoms with Gasteiger partial charge in [0.2, 0.25) is 0 Å². The second kappa shape index (κ2) is 5.50. The predicted molar refractivity (Wildman–Crippen MR) is 60.8 cm³/mol. The Labute approximate surface area is 92.5 Å². The summed E-state index contributed by atoms with van der Waals surface area (Å²) < 4.78 is 0. The number of rotatable bonds is 4. The van der Waals surface area contributed by atoms with Crippen molar-refractivity contribution < 1.29 is 9.90 Å². The van der Waals surface area contributed by atoms with Gasteiger partial charge < -0.3 is 5.11 Å². The highest BCUT2D eigenvalue weighted by atomic mass is 16.4. The van der Waals surface area contributed by atoms with Gasteiger partial charge in [-0.1, -0.05) is 26.7 Å². The normalized spacial score (nSPS) is 27.3. The summed E-state index contributed by atoms with van der Waals surface area (Å²) in [4.78, 5) is 12.7. The minimum Gasteiger partial charge on any atom is -0.480 e. The molecule has 1 aliphatic rings. The first-order valence-corrected chi connectivity index (χ1v) is 5.94. The van der Waals surface area contributed by atoms with E-state index in [9.17, 15) is 4.79 Å². The fourth-order valence-corrected chi connectivity index (χ4v) is 2.80. The molecular formula is C12H23NO2. The summed E-state index contributed by atoms with van der Waals surface area (Å²) in [6.07, 6.45) is 4.97. The second-order valence-electron chi connectivity index (χ2n) is 5.07. The zero-order valence-electron chi connectivity index (χ0n) is 10.1. The fraction of sp³-hybridized carbons (Fsp3) is 0.917. The molecule has 0 bridgehead atoms. The SMILES string of the molecule is CC(C)C1CCCCC1N(C)CC(=O)O. The molecule has 0 heterocycles. The highest BCUT2D eigenvalue weighted by molar-refractivity contribution is 5.69. The van der Waals surface area contributed by atoms with Crippen LogP contribution in [0.25, 0.3) is 0 Å². The molecule has 2 atom stereocenters. The van der Waals surface area contributed by atoms with E-state index in [1.807, 2.05) is 11.9 Å². The first kappa shape index (κ1) is 12.5. The number of hydrogen-bond donors (Lipinski definition) is 1. The minimum absolute atomic E-state index is 0.174. The number of hydrogen-bond acceptors (Lipinski definition) is 2. The second-order valence-corrected chi connectivity index (χ2v) is 5.07. The molecule has 0 radical (unpaired) electrons. The Bertz CT molecular complexity index is 216. The third kappa shape index (κ3) is 3.49. The summed E-state index contributed by atoms with van der Waals surface area (Å²) in [5.74, 6) is 0.611. The fourth-order valence-electron chi connectivity index (χ4n) is 2.80. The molecule has 0 aromatic rings. The molecule has 1 fully saturated rings. The van der Waals surface area contributed by atoms with Crippen LogP contribution in [0.2, 0.25) is 0 Å². The highest BCUT2D eigenvalue weighted by Gasteiger charge is 2.30. The molecule has 0 amide bonds. The maximum Gasteiger partial charge on any atom is 0.317 e. The van der Waals surface area contributed by atoms with Crippen LogP contribution in [-0.4, -0.2) is 35.6 Å². The zero-order valence-corrected chi connectivity index (χ0v) is 10.1. The quantitative estimate of drug-likeness (QED) is 0.778. The zero-order chi connectivity index (χ0) is 11.4. The Morgan fingerprint density at radius 2 is 2.00 bits per heavy atom. The summed E-state index contributed by atoms with van der Waals surface area (Å²) in [7, 11) is 1.94. The molecule has 1 rings (SSSR count). The average molecular weight is 213 g/mol. The van der Waals surface area contributed by atoms with Crippen LogP contribution in [0.1, 0.15) is 39.5 Å². The first-order chi connectivity index (χ1) is 7.02. The molecule has 88 valence electrons. The van der Waals surface area contributed by atoms with Gasteiger partial charge in [0.15, 0.2) is 0 Å². The summed E-state index contributed by atoms with van der Waals surface area (Å²) in [5, 5.41) is 8.80. The molecule has 1 aliphatic carbocycles. The number of carboxylic acid groups (broad SMARTS) is 1. The van der Waals surface area contributed by atoms with Crippen LogP contribution in [0, 0.1) is 11.8 Å². The van der Waals surface area contributed by atoms with Crippen LogP contribution in [0.15, 0.2) is 0 Å². The van der Waals surface area contributed by atoms with E-state index < -0.39 is 5.97 Å². The van der Waals surface area contributed by atoms with Crippen LogP contribution >= 0.6 is 0 Å². The highest BCUT2D eigenvalue weighted by Crippen LogP contribution is 2.32. The van der Waals surface area contributed by atoms with Gasteiger partial charge in [-0.05, 0) is 31.7 Å². The van der Waals surface area contributed by atoms with Crippen LogP contribution in [-0.2, 0) is 4.79 Å². The van der Waals surface area contributed by atoms with E-state index in [0.29, 0.717) is 17.9 Å². The van der Waals surface area contributed by atoms with Crippen molar-refractivity contribution in [3.63, 3.8) is 0 Å². The molecule has 3 nitrogen and oxygen atoms in total. The molecule has 0 saturated heterocycles. The number of likely N-dealkylation sites (N-methyl/N-ethyl adjacent to an activating group) is 1. The number of carboxylic acids is 1. The van der Waals surface area contributed by atoms with Crippen LogP contribution < -0.4 is 0 Å². The summed E-state index contributed by atoms with van der Waals surface area (Å²) in [6.45, 7) is 4.67. The van der Waals surface area contributed by atoms with Gasteiger partial charge >= 0.3 is 5.97 Å². The van der Waals surface area contributed by atoms with Gasteiger partial charge in [0, 0.05) is 6.04 Å². The first-order valence-electron chi connectivity index (χ1n) is 5.94. The van der Waals surface area contributed by atoms with Crippen molar-refractivity contribution in [3.05, 3.63) is 0 Å². The van der Waals surface area contributed by atoms with Crippen LogP contribution in [0.3, 0.4) is 0 Å². The molecule has 1 saturated carbocycles. The summed E-state index contributed by atoms with van der Waals surface area (Å²) >= 11 is 0. The minimum atomic E-state index is -0.717. The van der Waals surface area contributed by atoms with Crippen molar-refractivity contribution in [2.45, 2.75) is 45.6 Å². The van der Waals surface area contributed by atoms with Gasteiger partial charge in [0.1, 0.15) is 0 Å². The Kier molecular flexibility index (Phi) is 4.58. The van der Waals surface area contributed by atoms with E-state index in [-0.39, 0.29) is 6.54 Å². The molecular weight excluding hydrogens is 190 g/mol. The largest absolute Gasteiger partial charge is 0.480 e. The summed E-state index contributed by atoms with van der Waals surface area (Å²) in [6, 6.07) is 0.467. The number of aliphatic carboxylic acids is 1. The van der Waals surface area contributed by atoms with Gasteiger partial charge in [-0.2, -0.15) is 0 Å². The molecule has 0 aliphatic heterocycles. The summed E-state index contributed by atoms with van der Waals surface area (Å²) in [5.41, 5.74) is 0. The van der Waals surface area contributed by atoms with Crippen molar-refractivity contribution in [2.75, 3.05) is 13.6 Å². The van der Waals surface area contributed by atoms with Crippen molar-refractivity contribution in [1.29, 1.82) is 0 Å². The molecule has 0 spiro atoms. The van der Waals surface area contributed by atoms with Gasteiger partial charge in [-0.3, -0.25) is 9.69 Å². The topological polar surface area (TPSA) is 40.5 Å². The molecule has 2 unspecified atom stereocenters. The molecule has 15 heavy (non-hydrogen) atoms. The third-order valence-electron chi connectivity index (χ3n) is 3.59. The standard InChI is InChI=1S/C12H23NO2/c1-9(2)10-6-4-5-7-11(10)13(3)8-12(14)15/h9-11H,4-8H2,1-3H3,(H,14,15). The third-order valence-corrected chi connectivity index (χ3v) is 3.59. The van der Waals surface area contributed by atoms with Crippen LogP contribution in [0.5, 0.6) is 0 Å². The monoisotopic (exact) mass is 213 g/mol. The maximum absolute atomic E-state index is 10.7. The number of nitrogens with zero attached hydrogens (tertiary/aromatic N) is 1. The Hall–Kier alpha value is -0.570. The van der Waals surface area contributed by atoms with Crippen LogP contribution in [0.4, 0.5) is 0 Å². The Morgan fingerprint density at radius 3 is 2.53 bits per heavy atom. The lowest BCUT2D eigenvalue weighted by Gasteiger charge is -2.39. The predicted octanol–water partition coefficient (Wildman–Crippen LogP) is 2.22. The lowest BCUT2D eigenvalue weighted by Crippen LogP contribution is -2.44. The molecule has 0 aromatic heterocycles. The van der Waals surface area contributed by atoms with E-state index in [1.54, 1.807) is 0 Å². The van der Waals surface area contributed by atoms with E-state index in [1.165, 1.54) is 19.3 Å². The van der Waals surface area contributed by atoms with Crippen molar-refractivity contribution >= 4 is 5.97 Å².